The van der Waals surface area contributed by atoms with Crippen molar-refractivity contribution in [3.8, 4) is 11.3 Å². The van der Waals surface area contributed by atoms with Crippen LogP contribution < -0.4 is 0 Å². The van der Waals surface area contributed by atoms with Crippen LogP contribution in [0.1, 0.15) is 23.3 Å². The number of hydrogen-bond acceptors (Lipinski definition) is 4. The van der Waals surface area contributed by atoms with E-state index in [9.17, 15) is 0 Å². The molecule has 2 aromatic heterocycles. The Hall–Kier alpha value is -2.44. The first-order chi connectivity index (χ1) is 11.8. The standard InChI is InChI=1S/C18H21N5O/c1-13-2-4-14(5-3-13)15-10-21-18(22-15)16-12-24-9-8-23(16)11-17-19-6-7-20-17/h2-7,10,16H,8-9,11-12H2,1H3,(H,19,20)(H,21,22)/t16-/m0/s1. The summed E-state index contributed by atoms with van der Waals surface area (Å²) in [6.07, 6.45) is 5.54. The molecule has 0 bridgehead atoms. The van der Waals surface area contributed by atoms with Gasteiger partial charge in [-0.25, -0.2) is 9.97 Å². The summed E-state index contributed by atoms with van der Waals surface area (Å²) in [5, 5.41) is 0. The fourth-order valence-corrected chi connectivity index (χ4v) is 3.04. The molecule has 3 aromatic rings. The summed E-state index contributed by atoms with van der Waals surface area (Å²) in [6.45, 7) is 5.10. The number of aryl methyl sites for hydroxylation is 1. The smallest absolute Gasteiger partial charge is 0.126 e. The molecule has 1 aliphatic rings. The van der Waals surface area contributed by atoms with Crippen LogP contribution in [0.5, 0.6) is 0 Å². The molecule has 0 radical (unpaired) electrons. The lowest BCUT2D eigenvalue weighted by Gasteiger charge is -2.33. The summed E-state index contributed by atoms with van der Waals surface area (Å²) in [4.78, 5) is 17.9. The third-order valence-corrected chi connectivity index (χ3v) is 4.42. The Morgan fingerprint density at radius 2 is 2.12 bits per heavy atom. The van der Waals surface area contributed by atoms with Gasteiger partial charge in [-0.1, -0.05) is 29.8 Å². The third kappa shape index (κ3) is 3.11. The number of nitrogens with zero attached hydrogens (tertiary/aromatic N) is 3. The quantitative estimate of drug-likeness (QED) is 0.774. The van der Waals surface area contributed by atoms with Crippen molar-refractivity contribution in [2.75, 3.05) is 19.8 Å². The lowest BCUT2D eigenvalue weighted by Crippen LogP contribution is -2.39. The summed E-state index contributed by atoms with van der Waals surface area (Å²) in [5.74, 6) is 1.91. The molecule has 6 heteroatoms. The van der Waals surface area contributed by atoms with Crippen LogP contribution in [0.2, 0.25) is 0 Å². The van der Waals surface area contributed by atoms with Crippen molar-refractivity contribution < 1.29 is 4.74 Å². The molecule has 0 aliphatic carbocycles. The maximum Gasteiger partial charge on any atom is 0.126 e. The number of imidazole rings is 2. The number of aromatic amines is 2. The van der Waals surface area contributed by atoms with Crippen molar-refractivity contribution in [2.45, 2.75) is 19.5 Å². The Morgan fingerprint density at radius 1 is 1.25 bits per heavy atom. The largest absolute Gasteiger partial charge is 0.378 e. The van der Waals surface area contributed by atoms with Crippen LogP contribution in [0.3, 0.4) is 0 Å². The van der Waals surface area contributed by atoms with Crippen molar-refractivity contribution in [3.63, 3.8) is 0 Å². The number of benzene rings is 1. The van der Waals surface area contributed by atoms with E-state index in [-0.39, 0.29) is 6.04 Å². The SMILES string of the molecule is Cc1ccc(-c2cnc([C@@H]3COCCN3Cc3ncc[nH]3)[nH]2)cc1. The maximum atomic E-state index is 5.68. The van der Waals surface area contributed by atoms with Gasteiger partial charge >= 0.3 is 0 Å². The topological polar surface area (TPSA) is 69.8 Å². The van der Waals surface area contributed by atoms with E-state index < -0.39 is 0 Å². The minimum atomic E-state index is 0.114. The zero-order chi connectivity index (χ0) is 16.4. The first-order valence-electron chi connectivity index (χ1n) is 8.21. The second-order valence-electron chi connectivity index (χ2n) is 6.15. The van der Waals surface area contributed by atoms with Crippen molar-refractivity contribution >= 4 is 0 Å². The summed E-state index contributed by atoms with van der Waals surface area (Å²) in [7, 11) is 0. The van der Waals surface area contributed by atoms with E-state index in [0.717, 1.165) is 42.6 Å². The molecule has 4 rings (SSSR count). The number of morpholine rings is 1. The van der Waals surface area contributed by atoms with Gasteiger partial charge < -0.3 is 14.7 Å². The predicted molar refractivity (Wildman–Crippen MR) is 91.3 cm³/mol. The summed E-state index contributed by atoms with van der Waals surface area (Å²) in [5.41, 5.74) is 3.44. The van der Waals surface area contributed by atoms with Gasteiger partial charge in [0, 0.05) is 18.9 Å². The van der Waals surface area contributed by atoms with Gasteiger partial charge in [-0.15, -0.1) is 0 Å². The second kappa shape index (κ2) is 6.59. The fourth-order valence-electron chi connectivity index (χ4n) is 3.04. The molecule has 2 N–H and O–H groups in total. The second-order valence-corrected chi connectivity index (χ2v) is 6.15. The Balaban J connectivity index is 1.56. The number of H-pyrrole nitrogens is 2. The van der Waals surface area contributed by atoms with E-state index >= 15 is 0 Å². The van der Waals surface area contributed by atoms with Gasteiger partial charge in [0.1, 0.15) is 11.6 Å². The van der Waals surface area contributed by atoms with Crippen LogP contribution in [0, 0.1) is 6.92 Å². The van der Waals surface area contributed by atoms with E-state index in [0.29, 0.717) is 6.61 Å². The Morgan fingerprint density at radius 3 is 2.92 bits per heavy atom. The number of rotatable bonds is 4. The van der Waals surface area contributed by atoms with Crippen LogP contribution >= 0.6 is 0 Å². The number of aromatic nitrogens is 4. The lowest BCUT2D eigenvalue weighted by molar-refractivity contribution is -0.0166. The van der Waals surface area contributed by atoms with Gasteiger partial charge in [0.05, 0.1) is 37.7 Å². The first-order valence-corrected chi connectivity index (χ1v) is 8.21. The lowest BCUT2D eigenvalue weighted by atomic mass is 10.1. The highest BCUT2D eigenvalue weighted by Crippen LogP contribution is 2.26. The Bertz CT molecular complexity index is 778. The monoisotopic (exact) mass is 323 g/mol. The van der Waals surface area contributed by atoms with E-state index in [1.807, 2.05) is 12.4 Å². The molecule has 6 nitrogen and oxygen atoms in total. The van der Waals surface area contributed by atoms with Gasteiger partial charge in [0.25, 0.3) is 0 Å². The molecule has 1 fully saturated rings. The van der Waals surface area contributed by atoms with Crippen LogP contribution in [0.4, 0.5) is 0 Å². The minimum Gasteiger partial charge on any atom is -0.378 e. The molecule has 0 unspecified atom stereocenters. The number of hydrogen-bond donors (Lipinski definition) is 2. The molecule has 3 heterocycles. The molecular weight excluding hydrogens is 302 g/mol. The highest BCUT2D eigenvalue weighted by molar-refractivity contribution is 5.58. The zero-order valence-corrected chi connectivity index (χ0v) is 13.7. The normalized spacial score (nSPS) is 18.8. The van der Waals surface area contributed by atoms with Crippen LogP contribution in [-0.2, 0) is 11.3 Å². The first kappa shape index (κ1) is 15.1. The van der Waals surface area contributed by atoms with Crippen molar-refractivity contribution in [3.05, 3.63) is 60.1 Å². The maximum absolute atomic E-state index is 5.68. The molecule has 24 heavy (non-hydrogen) atoms. The van der Waals surface area contributed by atoms with E-state index in [1.165, 1.54) is 5.56 Å². The molecule has 1 aromatic carbocycles. The average Bonchev–Trinajstić information content (AvgIpc) is 3.28. The number of ether oxygens (including phenoxy) is 1. The van der Waals surface area contributed by atoms with Gasteiger partial charge in [-0.05, 0) is 12.5 Å². The molecule has 124 valence electrons. The van der Waals surface area contributed by atoms with Gasteiger partial charge in [0.2, 0.25) is 0 Å². The van der Waals surface area contributed by atoms with Gasteiger partial charge in [0.15, 0.2) is 0 Å². The Labute approximate surface area is 140 Å². The summed E-state index contributed by atoms with van der Waals surface area (Å²) in [6, 6.07) is 8.57. The summed E-state index contributed by atoms with van der Waals surface area (Å²) < 4.78 is 5.68. The molecular formula is C18H21N5O. The highest BCUT2D eigenvalue weighted by atomic mass is 16.5. The van der Waals surface area contributed by atoms with Crippen molar-refractivity contribution in [2.24, 2.45) is 0 Å². The minimum absolute atomic E-state index is 0.114. The fraction of sp³-hybridized carbons (Fsp3) is 0.333. The van der Waals surface area contributed by atoms with E-state index in [4.69, 9.17) is 4.74 Å². The predicted octanol–water partition coefficient (Wildman–Crippen LogP) is 2.68. The van der Waals surface area contributed by atoms with Crippen LogP contribution in [-0.4, -0.2) is 44.6 Å². The summed E-state index contributed by atoms with van der Waals surface area (Å²) >= 11 is 0. The molecule has 1 atom stereocenters. The highest BCUT2D eigenvalue weighted by Gasteiger charge is 2.27. The molecule has 1 saturated heterocycles. The van der Waals surface area contributed by atoms with Crippen LogP contribution in [0.25, 0.3) is 11.3 Å². The number of nitrogens with one attached hydrogen (secondary N) is 2. The van der Waals surface area contributed by atoms with E-state index in [2.05, 4.69) is 56.0 Å². The van der Waals surface area contributed by atoms with Gasteiger partial charge in [-0.3, -0.25) is 4.90 Å². The van der Waals surface area contributed by atoms with Crippen molar-refractivity contribution in [1.29, 1.82) is 0 Å². The average molecular weight is 323 g/mol. The zero-order valence-electron chi connectivity index (χ0n) is 13.7. The molecule has 0 spiro atoms. The van der Waals surface area contributed by atoms with Crippen molar-refractivity contribution in [1.82, 2.24) is 24.8 Å². The third-order valence-electron chi connectivity index (χ3n) is 4.42. The van der Waals surface area contributed by atoms with Crippen LogP contribution in [0.15, 0.2) is 42.9 Å². The Kier molecular flexibility index (Phi) is 4.15. The van der Waals surface area contributed by atoms with Gasteiger partial charge in [-0.2, -0.15) is 0 Å². The molecule has 1 aliphatic heterocycles. The van der Waals surface area contributed by atoms with E-state index in [1.54, 1.807) is 6.20 Å². The molecule has 0 saturated carbocycles. The molecule has 0 amide bonds.